The van der Waals surface area contributed by atoms with Crippen LogP contribution in [0.1, 0.15) is 36.8 Å². The number of hydrogen-bond acceptors (Lipinski definition) is 3. The number of aryl methyl sites for hydroxylation is 1. The molecule has 1 fully saturated rings. The molecule has 2 rings (SSSR count). The van der Waals surface area contributed by atoms with Gasteiger partial charge in [-0.3, -0.25) is 0 Å². The molecule has 0 spiro atoms. The first kappa shape index (κ1) is 15.4. The van der Waals surface area contributed by atoms with Crippen LogP contribution in [0.5, 0.6) is 0 Å². The number of benzene rings is 1. The molecule has 0 amide bonds. The predicted octanol–water partition coefficient (Wildman–Crippen LogP) is 2.19. The summed E-state index contributed by atoms with van der Waals surface area (Å²) in [6.07, 6.45) is 4.07. The molecule has 0 bridgehead atoms. The van der Waals surface area contributed by atoms with Crippen molar-refractivity contribution in [2.75, 3.05) is 13.1 Å². The highest BCUT2D eigenvalue weighted by molar-refractivity contribution is 7.89. The molecule has 6 heteroatoms. The van der Waals surface area contributed by atoms with Gasteiger partial charge in [-0.05, 0) is 37.5 Å². The molecule has 110 valence electrons. The summed E-state index contributed by atoms with van der Waals surface area (Å²) in [7, 11) is -3.40. The third kappa shape index (κ3) is 3.19. The smallest absolute Gasteiger partial charge is 0.243 e. The molecular formula is C14H20N2O2S2. The summed E-state index contributed by atoms with van der Waals surface area (Å²) in [6, 6.07) is 4.96. The first-order valence-corrected chi connectivity index (χ1v) is 8.68. The molecule has 0 saturated carbocycles. The molecule has 0 unspecified atom stereocenters. The molecule has 1 aliphatic heterocycles. The van der Waals surface area contributed by atoms with E-state index in [0.717, 1.165) is 36.8 Å². The fourth-order valence-electron chi connectivity index (χ4n) is 2.50. The van der Waals surface area contributed by atoms with Crippen molar-refractivity contribution in [3.63, 3.8) is 0 Å². The maximum absolute atomic E-state index is 12.6. The molecule has 0 aromatic heterocycles. The van der Waals surface area contributed by atoms with Gasteiger partial charge in [0.15, 0.2) is 0 Å². The first-order valence-electron chi connectivity index (χ1n) is 6.83. The monoisotopic (exact) mass is 312 g/mol. The molecule has 1 aliphatic rings. The Morgan fingerprint density at radius 1 is 1.20 bits per heavy atom. The van der Waals surface area contributed by atoms with Crippen molar-refractivity contribution in [1.29, 1.82) is 0 Å². The third-order valence-electron chi connectivity index (χ3n) is 3.67. The second-order valence-electron chi connectivity index (χ2n) is 5.16. The lowest BCUT2D eigenvalue weighted by Gasteiger charge is -2.20. The number of rotatable bonds is 3. The summed E-state index contributed by atoms with van der Waals surface area (Å²) < 4.78 is 26.9. The highest BCUT2D eigenvalue weighted by Gasteiger charge is 2.25. The quantitative estimate of drug-likeness (QED) is 0.869. The van der Waals surface area contributed by atoms with Crippen LogP contribution in [-0.2, 0) is 10.0 Å². The molecule has 1 saturated heterocycles. The minimum atomic E-state index is -3.40. The van der Waals surface area contributed by atoms with Gasteiger partial charge in [0.1, 0.15) is 4.99 Å². The molecule has 0 aliphatic carbocycles. The zero-order valence-electron chi connectivity index (χ0n) is 11.6. The topological polar surface area (TPSA) is 63.4 Å². The van der Waals surface area contributed by atoms with Crippen LogP contribution in [0.15, 0.2) is 23.1 Å². The van der Waals surface area contributed by atoms with Crippen LogP contribution in [0.4, 0.5) is 0 Å². The van der Waals surface area contributed by atoms with E-state index in [9.17, 15) is 8.42 Å². The highest BCUT2D eigenvalue weighted by atomic mass is 32.2. The highest BCUT2D eigenvalue weighted by Crippen LogP contribution is 2.22. The van der Waals surface area contributed by atoms with E-state index in [4.69, 9.17) is 18.0 Å². The predicted molar refractivity (Wildman–Crippen MR) is 84.3 cm³/mol. The molecule has 1 aromatic rings. The van der Waals surface area contributed by atoms with Crippen molar-refractivity contribution >= 4 is 27.2 Å². The van der Waals surface area contributed by atoms with E-state index in [2.05, 4.69) is 0 Å². The SMILES string of the molecule is Cc1cc(S(=O)(=O)N2CCCCCC2)ccc1C(N)=S. The fraction of sp³-hybridized carbons (Fsp3) is 0.500. The van der Waals surface area contributed by atoms with Crippen LogP contribution in [0.25, 0.3) is 0 Å². The number of sulfonamides is 1. The van der Waals surface area contributed by atoms with Gasteiger partial charge >= 0.3 is 0 Å². The van der Waals surface area contributed by atoms with E-state index in [1.54, 1.807) is 22.5 Å². The second-order valence-corrected chi connectivity index (χ2v) is 7.54. The summed E-state index contributed by atoms with van der Waals surface area (Å²) >= 11 is 4.95. The van der Waals surface area contributed by atoms with Gasteiger partial charge in [0.25, 0.3) is 0 Å². The molecule has 2 N–H and O–H groups in total. The molecule has 0 radical (unpaired) electrons. The fourth-order valence-corrected chi connectivity index (χ4v) is 4.34. The number of nitrogens with zero attached hydrogens (tertiary/aromatic N) is 1. The van der Waals surface area contributed by atoms with Gasteiger partial charge in [-0.2, -0.15) is 4.31 Å². The second kappa shape index (κ2) is 6.20. The first-order chi connectivity index (χ1) is 9.43. The lowest BCUT2D eigenvalue weighted by molar-refractivity contribution is 0.423. The van der Waals surface area contributed by atoms with Crippen LogP contribution in [0.2, 0.25) is 0 Å². The standard InChI is InChI=1S/C14H20N2O2S2/c1-11-10-12(6-7-13(11)14(15)19)20(17,18)16-8-4-2-3-5-9-16/h6-7,10H,2-5,8-9H2,1H3,(H2,15,19). The van der Waals surface area contributed by atoms with Crippen molar-refractivity contribution in [3.8, 4) is 0 Å². The Morgan fingerprint density at radius 2 is 1.80 bits per heavy atom. The molecule has 0 atom stereocenters. The minimum absolute atomic E-state index is 0.293. The normalized spacial score (nSPS) is 17.6. The molecule has 1 aromatic carbocycles. The van der Waals surface area contributed by atoms with Gasteiger partial charge in [-0.1, -0.05) is 31.1 Å². The lowest BCUT2D eigenvalue weighted by Crippen LogP contribution is -2.32. The number of thiocarbonyl (C=S) groups is 1. The minimum Gasteiger partial charge on any atom is -0.389 e. The van der Waals surface area contributed by atoms with E-state index in [1.165, 1.54) is 0 Å². The zero-order valence-corrected chi connectivity index (χ0v) is 13.3. The van der Waals surface area contributed by atoms with Gasteiger partial charge in [-0.15, -0.1) is 0 Å². The molecular weight excluding hydrogens is 292 g/mol. The Morgan fingerprint density at radius 3 is 2.30 bits per heavy atom. The van der Waals surface area contributed by atoms with E-state index in [1.807, 2.05) is 6.92 Å². The Labute approximate surface area is 126 Å². The summed E-state index contributed by atoms with van der Waals surface area (Å²) in [4.78, 5) is 0.623. The van der Waals surface area contributed by atoms with Crippen molar-refractivity contribution in [3.05, 3.63) is 29.3 Å². The van der Waals surface area contributed by atoms with Crippen molar-refractivity contribution in [2.45, 2.75) is 37.5 Å². The Hall–Kier alpha value is -0.980. The number of hydrogen-bond donors (Lipinski definition) is 1. The Balaban J connectivity index is 2.34. The third-order valence-corrected chi connectivity index (χ3v) is 5.78. The van der Waals surface area contributed by atoms with E-state index in [-0.39, 0.29) is 0 Å². The molecule has 4 nitrogen and oxygen atoms in total. The average molecular weight is 312 g/mol. The summed E-state index contributed by atoms with van der Waals surface area (Å²) in [5.41, 5.74) is 7.14. The van der Waals surface area contributed by atoms with Crippen LogP contribution in [0, 0.1) is 6.92 Å². The van der Waals surface area contributed by atoms with E-state index < -0.39 is 10.0 Å². The van der Waals surface area contributed by atoms with Gasteiger partial charge in [-0.25, -0.2) is 8.42 Å². The van der Waals surface area contributed by atoms with Gasteiger partial charge in [0.05, 0.1) is 4.90 Å². The molecule has 1 heterocycles. The number of nitrogens with two attached hydrogens (primary N) is 1. The lowest BCUT2D eigenvalue weighted by atomic mass is 10.1. The average Bonchev–Trinajstić information content (AvgIpc) is 2.67. The Kier molecular flexibility index (Phi) is 4.78. The van der Waals surface area contributed by atoms with Crippen LogP contribution in [0.3, 0.4) is 0 Å². The Bertz CT molecular complexity index is 604. The molecule has 20 heavy (non-hydrogen) atoms. The van der Waals surface area contributed by atoms with Crippen molar-refractivity contribution in [2.24, 2.45) is 5.73 Å². The van der Waals surface area contributed by atoms with Gasteiger partial charge < -0.3 is 5.73 Å². The zero-order chi connectivity index (χ0) is 14.8. The van der Waals surface area contributed by atoms with Crippen LogP contribution < -0.4 is 5.73 Å². The van der Waals surface area contributed by atoms with Crippen LogP contribution in [-0.4, -0.2) is 30.8 Å². The van der Waals surface area contributed by atoms with Crippen molar-refractivity contribution < 1.29 is 8.42 Å². The van der Waals surface area contributed by atoms with Gasteiger partial charge in [0, 0.05) is 18.7 Å². The van der Waals surface area contributed by atoms with Crippen LogP contribution >= 0.6 is 12.2 Å². The maximum Gasteiger partial charge on any atom is 0.243 e. The maximum atomic E-state index is 12.6. The van der Waals surface area contributed by atoms with Crippen molar-refractivity contribution in [1.82, 2.24) is 4.31 Å². The summed E-state index contributed by atoms with van der Waals surface area (Å²) in [6.45, 7) is 3.05. The summed E-state index contributed by atoms with van der Waals surface area (Å²) in [5, 5.41) is 0. The van der Waals surface area contributed by atoms with Gasteiger partial charge in [0.2, 0.25) is 10.0 Å². The largest absolute Gasteiger partial charge is 0.389 e. The summed E-state index contributed by atoms with van der Waals surface area (Å²) in [5.74, 6) is 0. The van der Waals surface area contributed by atoms with E-state index in [0.29, 0.717) is 23.0 Å². The van der Waals surface area contributed by atoms with E-state index >= 15 is 0 Å².